The highest BCUT2D eigenvalue weighted by Gasteiger charge is 2.37. The van der Waals surface area contributed by atoms with Crippen molar-refractivity contribution >= 4 is 35.8 Å². The summed E-state index contributed by atoms with van der Waals surface area (Å²) in [4.78, 5) is 89.3. The monoisotopic (exact) mass is 1510 g/mol. The fourth-order valence-corrected chi connectivity index (χ4v) is 14.1. The largest absolute Gasteiger partial charge is 0.456 e. The van der Waals surface area contributed by atoms with Crippen molar-refractivity contribution in [1.82, 2.24) is 0 Å². The van der Waals surface area contributed by atoms with Crippen LogP contribution in [0.15, 0.2) is 255 Å². The van der Waals surface area contributed by atoms with Crippen LogP contribution in [0.3, 0.4) is 0 Å². The van der Waals surface area contributed by atoms with Crippen LogP contribution in [0.5, 0.6) is 0 Å². The summed E-state index contributed by atoms with van der Waals surface area (Å²) < 4.78 is 37.0. The topological polar surface area (TPSA) is 158 Å². The van der Waals surface area contributed by atoms with E-state index in [4.69, 9.17) is 28.4 Å². The van der Waals surface area contributed by atoms with Crippen molar-refractivity contribution in [1.29, 1.82) is 0 Å². The van der Waals surface area contributed by atoms with Crippen LogP contribution < -0.4 is 0 Å². The Kier molecular flexibility index (Phi) is 21.5. The number of carbonyl (C=O) groups excluding carboxylic acids is 6. The van der Waals surface area contributed by atoms with E-state index in [2.05, 4.69) is 0 Å². The second kappa shape index (κ2) is 30.9. The van der Waals surface area contributed by atoms with E-state index in [-0.39, 0.29) is 33.4 Å². The maximum Gasteiger partial charge on any atom is 0.340 e. The number of carbonyl (C=O) groups is 6. The molecular weight excluding hydrogens is 1420 g/mol. The molecule has 12 aromatic rings. The Morgan fingerprint density at radius 1 is 0.140 bits per heavy atom. The summed E-state index contributed by atoms with van der Waals surface area (Å²) in [5.74, 6) is -4.06. The SMILES string of the molecule is CC(C)(C)OC(=O)c1c2ccc(c1C(=O)OC(C)(C)C)-c1ccc(cc1)-c1ccc(cc1)-c1ccc(cc1)-c1ccc(c(C(=O)OC(C)(C)C)c1C(=O)OC(C)(C)C)-c1ccc(cc1)-c1ccc(cc1)-c1ccc(cc1)-c1ccc(c(C(=O)OC(C)(C)C)c1C(=O)OC(C)(C)C)-c1ccc(cc1)-c1ccc(cc1)-c1ccc-2cc1. The Morgan fingerprint density at radius 3 is 0.298 bits per heavy atom. The lowest BCUT2D eigenvalue weighted by Gasteiger charge is -2.25. The fraction of sp³-hybridized carbons (Fsp3) is 0.235. The Labute approximate surface area is 669 Å². The molecule has 0 N–H and O–H groups in total. The van der Waals surface area contributed by atoms with Gasteiger partial charge in [-0.3, -0.25) is 0 Å². The van der Waals surface area contributed by atoms with Crippen molar-refractivity contribution < 1.29 is 57.2 Å². The fourth-order valence-electron chi connectivity index (χ4n) is 14.1. The molecular formula is C102H96O12. The molecule has 34 aliphatic rings. The zero-order chi connectivity index (χ0) is 81.7. The summed E-state index contributed by atoms with van der Waals surface area (Å²) in [6.45, 7) is 32.3. The highest BCUT2D eigenvalue weighted by Crippen LogP contribution is 2.44. The van der Waals surface area contributed by atoms with Crippen LogP contribution in [-0.2, 0) is 28.4 Å². The van der Waals surface area contributed by atoms with Gasteiger partial charge in [-0.2, -0.15) is 0 Å². The van der Waals surface area contributed by atoms with Gasteiger partial charge in [-0.15, -0.1) is 0 Å². The lowest BCUT2D eigenvalue weighted by Crippen LogP contribution is -2.29. The van der Waals surface area contributed by atoms with Crippen LogP contribution in [0.4, 0.5) is 0 Å². The molecule has 0 saturated carbocycles. The summed E-state index contributed by atoms with van der Waals surface area (Å²) >= 11 is 0. The molecule has 46 rings (SSSR count). The van der Waals surface area contributed by atoms with E-state index in [1.165, 1.54) is 0 Å². The van der Waals surface area contributed by atoms with Gasteiger partial charge in [-0.1, -0.05) is 255 Å². The molecule has 576 valence electrons. The van der Waals surface area contributed by atoms with E-state index in [0.29, 0.717) is 66.8 Å². The van der Waals surface area contributed by atoms with Crippen LogP contribution >= 0.6 is 0 Å². The van der Waals surface area contributed by atoms with Gasteiger partial charge in [0.05, 0.1) is 33.4 Å². The number of ether oxygens (including phenoxy) is 6. The predicted octanol–water partition coefficient (Wildman–Crippen LogP) is 25.7. The molecule has 0 fully saturated rings. The number of esters is 6. The molecule has 12 heteroatoms. The first-order valence-electron chi connectivity index (χ1n) is 38.5. The highest BCUT2D eigenvalue weighted by atomic mass is 16.6. The molecule has 0 atom stereocenters. The maximum atomic E-state index is 14.9. The van der Waals surface area contributed by atoms with Gasteiger partial charge in [0.15, 0.2) is 0 Å². The molecule has 0 saturated heterocycles. The number of hydrogen-bond acceptors (Lipinski definition) is 12. The van der Waals surface area contributed by atoms with Crippen molar-refractivity contribution in [2.45, 2.75) is 158 Å². The van der Waals surface area contributed by atoms with Crippen LogP contribution in [0.1, 0.15) is 187 Å². The van der Waals surface area contributed by atoms with Gasteiger partial charge in [-0.05, 0) is 258 Å². The summed E-state index contributed by atoms with van der Waals surface area (Å²) in [6.07, 6.45) is 0. The van der Waals surface area contributed by atoms with Crippen molar-refractivity contribution in [3.05, 3.63) is 288 Å². The first-order chi connectivity index (χ1) is 53.7. The van der Waals surface area contributed by atoms with Crippen LogP contribution in [-0.4, -0.2) is 69.4 Å². The molecule has 0 aromatic heterocycles. The van der Waals surface area contributed by atoms with E-state index in [0.717, 1.165) is 66.8 Å². The number of hydrogen-bond donors (Lipinski definition) is 0. The van der Waals surface area contributed by atoms with Crippen LogP contribution in [0, 0.1) is 0 Å². The molecule has 0 unspecified atom stereocenters. The molecule has 12 nitrogen and oxygen atoms in total. The lowest BCUT2D eigenvalue weighted by atomic mass is 9.87. The third-order valence-corrected chi connectivity index (χ3v) is 19.1. The maximum absolute atomic E-state index is 14.9. The molecule has 0 aliphatic heterocycles. The van der Waals surface area contributed by atoms with Gasteiger partial charge in [0.1, 0.15) is 33.6 Å². The standard InChI is InChI=1S/C102H96O12/c1-97(2,3)109-91(103)85-79-55-56-80(86(85)92(104)110-98(4,5)6)74-45-33-68(34-46-74)62-23-25-64(26-24-62)70-37-49-76(50-38-70)82-59-60-84(90(96(108)114-102(16,17)18)88(82)94(106)112-100(10,11)12)78-53-41-72(42-54-78)66-29-27-65(28-30-66)71-39-51-77(52-40-71)83-58-57-81(87(93(105)111-99(7,8)9)89(83)95(107)113-101(13,14)15)75-47-35-69(36-48-75)63-21-19-61(20-22-63)67-31-43-73(79)44-32-67/h19-60H,1-18H3. The Balaban J connectivity index is 0.943. The van der Waals surface area contributed by atoms with E-state index in [1.54, 1.807) is 125 Å². The second-order valence-electron chi connectivity index (χ2n) is 34.9. The van der Waals surface area contributed by atoms with Crippen molar-refractivity contribution in [3.63, 3.8) is 0 Å². The third-order valence-electron chi connectivity index (χ3n) is 19.1. The van der Waals surface area contributed by atoms with Gasteiger partial charge in [0.25, 0.3) is 0 Å². The lowest BCUT2D eigenvalue weighted by molar-refractivity contribution is 0.00200. The second-order valence-corrected chi connectivity index (χ2v) is 34.9. The van der Waals surface area contributed by atoms with Crippen LogP contribution in [0.25, 0.3) is 134 Å². The Bertz CT molecular complexity index is 4750. The number of benzene rings is 12. The Morgan fingerprint density at radius 2 is 0.219 bits per heavy atom. The molecule has 0 amide bonds. The average Bonchev–Trinajstić information content (AvgIpc) is 0.767. The normalized spacial score (nSPS) is 12.2. The van der Waals surface area contributed by atoms with E-state index >= 15 is 0 Å². The predicted molar refractivity (Wildman–Crippen MR) is 456 cm³/mol. The van der Waals surface area contributed by atoms with Crippen LogP contribution in [0.2, 0.25) is 0 Å². The van der Waals surface area contributed by atoms with E-state index in [9.17, 15) is 28.8 Å². The van der Waals surface area contributed by atoms with E-state index in [1.807, 2.05) is 255 Å². The van der Waals surface area contributed by atoms with Crippen molar-refractivity contribution in [2.24, 2.45) is 0 Å². The van der Waals surface area contributed by atoms with Gasteiger partial charge in [0.2, 0.25) is 0 Å². The molecule has 114 heavy (non-hydrogen) atoms. The summed E-state index contributed by atoms with van der Waals surface area (Å²) in [5, 5.41) is 0. The average molecular weight is 1510 g/mol. The van der Waals surface area contributed by atoms with Gasteiger partial charge < -0.3 is 28.4 Å². The molecule has 0 heterocycles. The third kappa shape index (κ3) is 18.2. The minimum absolute atomic E-state index is 0.0789. The number of rotatable bonds is 6. The van der Waals surface area contributed by atoms with Gasteiger partial charge >= 0.3 is 35.8 Å². The molecule has 24 bridgehead atoms. The van der Waals surface area contributed by atoms with Gasteiger partial charge in [-0.25, -0.2) is 28.8 Å². The minimum atomic E-state index is -0.921. The Hall–Kier alpha value is -12.5. The molecule has 0 radical (unpaired) electrons. The molecule has 0 spiro atoms. The zero-order valence-electron chi connectivity index (χ0n) is 68.1. The quantitative estimate of drug-likeness (QED) is 0.115. The van der Waals surface area contributed by atoms with E-state index < -0.39 is 69.4 Å². The first-order valence-corrected chi connectivity index (χ1v) is 38.5. The zero-order valence-corrected chi connectivity index (χ0v) is 68.1. The highest BCUT2D eigenvalue weighted by molar-refractivity contribution is 6.15. The summed E-state index contributed by atoms with van der Waals surface area (Å²) in [6, 6.07) is 82.9. The van der Waals surface area contributed by atoms with Crippen molar-refractivity contribution in [3.8, 4) is 134 Å². The molecule has 34 aliphatic carbocycles. The first kappa shape index (κ1) is 79.5. The molecule has 12 aromatic carbocycles. The smallest absolute Gasteiger partial charge is 0.340 e. The van der Waals surface area contributed by atoms with Crippen molar-refractivity contribution in [2.75, 3.05) is 0 Å². The van der Waals surface area contributed by atoms with Gasteiger partial charge in [0, 0.05) is 0 Å². The summed E-state index contributed by atoms with van der Waals surface area (Å²) in [5.41, 5.74) is 13.1. The summed E-state index contributed by atoms with van der Waals surface area (Å²) in [7, 11) is 0. The minimum Gasteiger partial charge on any atom is -0.456 e.